The van der Waals surface area contributed by atoms with Crippen LogP contribution in [0.1, 0.15) is 23.3 Å². The smallest absolute Gasteiger partial charge is 0.105 e. The Bertz CT molecular complexity index is 317. The minimum Gasteiger partial charge on any atom is -0.387 e. The fourth-order valence-electron chi connectivity index (χ4n) is 1.55. The molecule has 0 aliphatic rings. The lowest BCUT2D eigenvalue weighted by Gasteiger charge is -2.16. The Balaban J connectivity index is 2.87. The summed E-state index contributed by atoms with van der Waals surface area (Å²) in [4.78, 5) is 0. The molecule has 0 radical (unpaired) electrons. The first-order chi connectivity index (χ1) is 7.72. The third-order valence-electron chi connectivity index (χ3n) is 2.49. The van der Waals surface area contributed by atoms with Gasteiger partial charge < -0.3 is 20.3 Å². The van der Waals surface area contributed by atoms with Crippen molar-refractivity contribution < 1.29 is 14.6 Å². The highest BCUT2D eigenvalue weighted by Gasteiger charge is 2.12. The Morgan fingerprint density at radius 1 is 1.31 bits per heavy atom. The lowest BCUT2D eigenvalue weighted by Crippen LogP contribution is -2.13. The van der Waals surface area contributed by atoms with Crippen LogP contribution < -0.4 is 5.73 Å². The molecule has 4 heteroatoms. The standard InChI is InChI=1S/C12H19NO3/c1-15-8-12(16-2)10-5-3-4-9(6-10)11(14)7-13/h3-6,11-12,14H,7-8,13H2,1-2H3. The summed E-state index contributed by atoms with van der Waals surface area (Å²) in [6.45, 7) is 0.698. The Morgan fingerprint density at radius 3 is 2.56 bits per heavy atom. The summed E-state index contributed by atoms with van der Waals surface area (Å²) in [6.07, 6.45) is -0.741. The van der Waals surface area contributed by atoms with E-state index in [-0.39, 0.29) is 12.6 Å². The molecule has 0 bridgehead atoms. The molecule has 90 valence electrons. The maximum Gasteiger partial charge on any atom is 0.105 e. The van der Waals surface area contributed by atoms with Gasteiger partial charge in [0.2, 0.25) is 0 Å². The molecule has 3 N–H and O–H groups in total. The van der Waals surface area contributed by atoms with Crippen LogP contribution in [0.4, 0.5) is 0 Å². The molecule has 0 amide bonds. The van der Waals surface area contributed by atoms with E-state index >= 15 is 0 Å². The molecule has 1 rings (SSSR count). The van der Waals surface area contributed by atoms with Gasteiger partial charge in [0.05, 0.1) is 12.7 Å². The average molecular weight is 225 g/mol. The number of aliphatic hydroxyl groups excluding tert-OH is 1. The summed E-state index contributed by atoms with van der Waals surface area (Å²) in [7, 11) is 3.26. The van der Waals surface area contributed by atoms with Crippen LogP contribution in [0, 0.1) is 0 Å². The Hall–Kier alpha value is -0.940. The number of methoxy groups -OCH3 is 2. The maximum absolute atomic E-state index is 9.64. The van der Waals surface area contributed by atoms with E-state index < -0.39 is 6.10 Å². The fourth-order valence-corrected chi connectivity index (χ4v) is 1.55. The molecule has 0 spiro atoms. The van der Waals surface area contributed by atoms with Crippen molar-refractivity contribution in [3.8, 4) is 0 Å². The molecule has 1 aromatic rings. The largest absolute Gasteiger partial charge is 0.387 e. The van der Waals surface area contributed by atoms with E-state index in [1.54, 1.807) is 14.2 Å². The predicted octanol–water partition coefficient (Wildman–Crippen LogP) is 1.01. The van der Waals surface area contributed by atoms with Crippen LogP contribution in [-0.2, 0) is 9.47 Å². The van der Waals surface area contributed by atoms with Crippen molar-refractivity contribution in [1.29, 1.82) is 0 Å². The number of nitrogens with two attached hydrogens (primary N) is 1. The van der Waals surface area contributed by atoms with Crippen LogP contribution in [0.15, 0.2) is 24.3 Å². The van der Waals surface area contributed by atoms with Crippen molar-refractivity contribution in [1.82, 2.24) is 0 Å². The second-order valence-electron chi connectivity index (χ2n) is 3.60. The topological polar surface area (TPSA) is 64.7 Å². The van der Waals surface area contributed by atoms with Gasteiger partial charge in [-0.3, -0.25) is 0 Å². The highest BCUT2D eigenvalue weighted by molar-refractivity contribution is 5.27. The van der Waals surface area contributed by atoms with E-state index in [4.69, 9.17) is 15.2 Å². The fraction of sp³-hybridized carbons (Fsp3) is 0.500. The molecule has 2 atom stereocenters. The second-order valence-corrected chi connectivity index (χ2v) is 3.60. The molecule has 0 heterocycles. The van der Waals surface area contributed by atoms with Crippen LogP contribution in [0.25, 0.3) is 0 Å². The number of hydrogen-bond acceptors (Lipinski definition) is 4. The first-order valence-corrected chi connectivity index (χ1v) is 5.22. The minimum atomic E-state index is -0.625. The summed E-state index contributed by atoms with van der Waals surface area (Å²) >= 11 is 0. The average Bonchev–Trinajstić information content (AvgIpc) is 2.35. The first kappa shape index (κ1) is 13.1. The highest BCUT2D eigenvalue weighted by atomic mass is 16.5. The Labute approximate surface area is 96.0 Å². The molecular formula is C12H19NO3. The Morgan fingerprint density at radius 2 is 2.00 bits per heavy atom. The van der Waals surface area contributed by atoms with Gasteiger partial charge in [0.15, 0.2) is 0 Å². The van der Waals surface area contributed by atoms with Gasteiger partial charge >= 0.3 is 0 Å². The van der Waals surface area contributed by atoms with Gasteiger partial charge in [-0.25, -0.2) is 0 Å². The third kappa shape index (κ3) is 3.28. The molecule has 0 aromatic heterocycles. The Kier molecular flexibility index (Phi) is 5.42. The van der Waals surface area contributed by atoms with Gasteiger partial charge in [0.1, 0.15) is 6.10 Å². The molecule has 0 aliphatic carbocycles. The van der Waals surface area contributed by atoms with E-state index in [2.05, 4.69) is 0 Å². The van der Waals surface area contributed by atoms with Gasteiger partial charge in [0.25, 0.3) is 0 Å². The molecule has 0 saturated carbocycles. The van der Waals surface area contributed by atoms with Crippen molar-refractivity contribution in [2.75, 3.05) is 27.4 Å². The van der Waals surface area contributed by atoms with Gasteiger partial charge in [-0.2, -0.15) is 0 Å². The molecule has 0 saturated heterocycles. The molecule has 0 fully saturated rings. The van der Waals surface area contributed by atoms with Crippen LogP contribution >= 0.6 is 0 Å². The normalized spacial score (nSPS) is 14.8. The highest BCUT2D eigenvalue weighted by Crippen LogP contribution is 2.21. The number of rotatable bonds is 6. The summed E-state index contributed by atoms with van der Waals surface area (Å²) in [5.74, 6) is 0. The second kappa shape index (κ2) is 6.60. The number of benzene rings is 1. The quantitative estimate of drug-likeness (QED) is 0.758. The first-order valence-electron chi connectivity index (χ1n) is 5.22. The molecular weight excluding hydrogens is 206 g/mol. The number of ether oxygens (including phenoxy) is 2. The lowest BCUT2D eigenvalue weighted by molar-refractivity contribution is 0.0273. The van der Waals surface area contributed by atoms with Crippen LogP contribution in [0.5, 0.6) is 0 Å². The van der Waals surface area contributed by atoms with Gasteiger partial charge in [-0.15, -0.1) is 0 Å². The van der Waals surface area contributed by atoms with Crippen molar-refractivity contribution >= 4 is 0 Å². The van der Waals surface area contributed by atoms with Crippen LogP contribution in [0.2, 0.25) is 0 Å². The van der Waals surface area contributed by atoms with Crippen molar-refractivity contribution in [2.24, 2.45) is 5.73 Å². The minimum absolute atomic E-state index is 0.116. The maximum atomic E-state index is 9.64. The summed E-state index contributed by atoms with van der Waals surface area (Å²) < 4.78 is 10.4. The van der Waals surface area contributed by atoms with E-state index in [0.717, 1.165) is 11.1 Å². The summed E-state index contributed by atoms with van der Waals surface area (Å²) in [6, 6.07) is 7.57. The van der Waals surface area contributed by atoms with Crippen molar-refractivity contribution in [3.05, 3.63) is 35.4 Å². The molecule has 2 unspecified atom stereocenters. The SMILES string of the molecule is COCC(OC)c1cccc(C(O)CN)c1. The van der Waals surface area contributed by atoms with E-state index in [0.29, 0.717) is 6.61 Å². The molecule has 0 aliphatic heterocycles. The van der Waals surface area contributed by atoms with E-state index in [9.17, 15) is 5.11 Å². The van der Waals surface area contributed by atoms with Crippen molar-refractivity contribution in [3.63, 3.8) is 0 Å². The molecule has 16 heavy (non-hydrogen) atoms. The van der Waals surface area contributed by atoms with Gasteiger partial charge in [-0.05, 0) is 11.1 Å². The zero-order chi connectivity index (χ0) is 12.0. The van der Waals surface area contributed by atoms with Crippen LogP contribution in [0.3, 0.4) is 0 Å². The third-order valence-corrected chi connectivity index (χ3v) is 2.49. The zero-order valence-electron chi connectivity index (χ0n) is 9.72. The van der Waals surface area contributed by atoms with Crippen molar-refractivity contribution in [2.45, 2.75) is 12.2 Å². The summed E-state index contributed by atoms with van der Waals surface area (Å²) in [5, 5.41) is 9.64. The molecule has 1 aromatic carbocycles. The lowest BCUT2D eigenvalue weighted by atomic mass is 10.0. The zero-order valence-corrected chi connectivity index (χ0v) is 9.72. The van der Waals surface area contributed by atoms with E-state index in [1.165, 1.54) is 0 Å². The van der Waals surface area contributed by atoms with Gasteiger partial charge in [0, 0.05) is 20.8 Å². The van der Waals surface area contributed by atoms with E-state index in [1.807, 2.05) is 24.3 Å². The predicted molar refractivity (Wildman–Crippen MR) is 62.1 cm³/mol. The number of hydrogen-bond donors (Lipinski definition) is 2. The van der Waals surface area contributed by atoms with Gasteiger partial charge in [-0.1, -0.05) is 24.3 Å². The summed E-state index contributed by atoms with van der Waals surface area (Å²) in [5.41, 5.74) is 7.20. The number of aliphatic hydroxyl groups is 1. The molecule has 4 nitrogen and oxygen atoms in total. The van der Waals surface area contributed by atoms with Crippen LogP contribution in [-0.4, -0.2) is 32.5 Å². The monoisotopic (exact) mass is 225 g/mol.